The maximum atomic E-state index is 13.5. The molecule has 6 nitrogen and oxygen atoms in total. The Morgan fingerprint density at radius 3 is 2.35 bits per heavy atom. The van der Waals surface area contributed by atoms with Gasteiger partial charge < -0.3 is 10.1 Å². The minimum Gasteiger partial charge on any atom is -0.379 e. The van der Waals surface area contributed by atoms with E-state index < -0.39 is 5.25 Å². The van der Waals surface area contributed by atoms with Crippen LogP contribution in [-0.4, -0.2) is 47.1 Å². The van der Waals surface area contributed by atoms with Crippen LogP contribution in [0.2, 0.25) is 0 Å². The van der Waals surface area contributed by atoms with Crippen molar-refractivity contribution in [1.29, 1.82) is 0 Å². The predicted octanol–water partition coefficient (Wildman–Crippen LogP) is 4.93. The predicted molar refractivity (Wildman–Crippen MR) is 136 cm³/mol. The highest BCUT2D eigenvalue weighted by atomic mass is 32.2. The number of benzene rings is 3. The third kappa shape index (κ3) is 5.44. The summed E-state index contributed by atoms with van der Waals surface area (Å²) in [7, 11) is 0. The number of morpholine rings is 1. The summed E-state index contributed by atoms with van der Waals surface area (Å²) in [5.74, 6) is 0.679. The number of anilines is 1. The van der Waals surface area contributed by atoms with Crippen molar-refractivity contribution in [1.82, 2.24) is 14.9 Å². The van der Waals surface area contributed by atoms with Gasteiger partial charge in [-0.05, 0) is 23.8 Å². The lowest BCUT2D eigenvalue weighted by Gasteiger charge is -2.26. The van der Waals surface area contributed by atoms with Gasteiger partial charge in [-0.1, -0.05) is 78.5 Å². The number of thioether (sulfide) groups is 1. The van der Waals surface area contributed by atoms with E-state index in [0.29, 0.717) is 6.54 Å². The van der Waals surface area contributed by atoms with Crippen LogP contribution in [0.4, 0.5) is 5.69 Å². The van der Waals surface area contributed by atoms with Crippen LogP contribution in [0.5, 0.6) is 0 Å². The number of fused-ring (bicyclic) bond motifs is 1. The molecule has 1 atom stereocenters. The fourth-order valence-corrected chi connectivity index (χ4v) is 5.10. The van der Waals surface area contributed by atoms with Gasteiger partial charge in [-0.15, -0.1) is 0 Å². The lowest BCUT2D eigenvalue weighted by Crippen LogP contribution is -2.36. The van der Waals surface area contributed by atoms with E-state index in [9.17, 15) is 4.79 Å². The van der Waals surface area contributed by atoms with E-state index >= 15 is 0 Å². The van der Waals surface area contributed by atoms with E-state index in [0.717, 1.165) is 59.3 Å². The van der Waals surface area contributed by atoms with Crippen molar-refractivity contribution < 1.29 is 9.53 Å². The van der Waals surface area contributed by atoms with Gasteiger partial charge in [0, 0.05) is 24.2 Å². The SMILES string of the molecule is O=C(Nc1ccccc1)C(Sc1nc(CN2CCOCC2)nc2ccccc12)c1ccccc1. The van der Waals surface area contributed by atoms with Crippen molar-refractivity contribution in [3.8, 4) is 0 Å². The monoisotopic (exact) mass is 470 g/mol. The first-order valence-corrected chi connectivity index (χ1v) is 12.3. The molecule has 1 saturated heterocycles. The number of carbonyl (C=O) groups is 1. The normalized spacial score (nSPS) is 15.2. The van der Waals surface area contributed by atoms with Crippen LogP contribution in [0.3, 0.4) is 0 Å². The van der Waals surface area contributed by atoms with Gasteiger partial charge in [-0.3, -0.25) is 9.69 Å². The standard InChI is InChI=1S/C27H26N4O2S/c32-26(28-21-11-5-2-6-12-21)25(20-9-3-1-4-10-20)34-27-22-13-7-8-14-23(22)29-24(30-27)19-31-15-17-33-18-16-31/h1-14,25H,15-19H2,(H,28,32). The first kappa shape index (κ1) is 22.5. The molecule has 5 rings (SSSR count). The van der Waals surface area contributed by atoms with Gasteiger partial charge in [0.1, 0.15) is 16.1 Å². The third-order valence-electron chi connectivity index (χ3n) is 5.69. The third-order valence-corrected chi connectivity index (χ3v) is 6.95. The van der Waals surface area contributed by atoms with Crippen molar-refractivity contribution in [2.45, 2.75) is 16.8 Å². The van der Waals surface area contributed by atoms with E-state index in [-0.39, 0.29) is 5.91 Å². The summed E-state index contributed by atoms with van der Waals surface area (Å²) in [5, 5.41) is 4.36. The second-order valence-electron chi connectivity index (χ2n) is 8.11. The molecule has 34 heavy (non-hydrogen) atoms. The van der Waals surface area contributed by atoms with Crippen molar-refractivity contribution >= 4 is 34.3 Å². The second kappa shape index (κ2) is 10.8. The highest BCUT2D eigenvalue weighted by molar-refractivity contribution is 8.00. The lowest BCUT2D eigenvalue weighted by molar-refractivity contribution is -0.115. The van der Waals surface area contributed by atoms with Crippen molar-refractivity contribution in [2.75, 3.05) is 31.6 Å². The summed E-state index contributed by atoms with van der Waals surface area (Å²) in [6.07, 6.45) is 0. The molecule has 2 heterocycles. The van der Waals surface area contributed by atoms with E-state index in [1.54, 1.807) is 0 Å². The van der Waals surface area contributed by atoms with Gasteiger partial charge in [0.2, 0.25) is 5.91 Å². The summed E-state index contributed by atoms with van der Waals surface area (Å²) >= 11 is 1.47. The highest BCUT2D eigenvalue weighted by Crippen LogP contribution is 2.38. The van der Waals surface area contributed by atoms with Crippen LogP contribution in [0.1, 0.15) is 16.6 Å². The smallest absolute Gasteiger partial charge is 0.242 e. The summed E-state index contributed by atoms with van der Waals surface area (Å²) in [4.78, 5) is 25.5. The van der Waals surface area contributed by atoms with Crippen LogP contribution >= 0.6 is 11.8 Å². The Hall–Kier alpha value is -3.26. The van der Waals surface area contributed by atoms with E-state index in [2.05, 4.69) is 10.2 Å². The van der Waals surface area contributed by atoms with Crippen LogP contribution in [-0.2, 0) is 16.1 Å². The largest absolute Gasteiger partial charge is 0.379 e. The Balaban J connectivity index is 1.48. The van der Waals surface area contributed by atoms with Crippen LogP contribution in [0, 0.1) is 0 Å². The van der Waals surface area contributed by atoms with Crippen LogP contribution in [0.25, 0.3) is 10.9 Å². The molecular formula is C27H26N4O2S. The topological polar surface area (TPSA) is 67.4 Å². The van der Waals surface area contributed by atoms with E-state index in [4.69, 9.17) is 14.7 Å². The zero-order valence-electron chi connectivity index (χ0n) is 18.8. The van der Waals surface area contributed by atoms with E-state index in [1.165, 1.54) is 11.8 Å². The van der Waals surface area contributed by atoms with Crippen LogP contribution in [0.15, 0.2) is 90.0 Å². The van der Waals surface area contributed by atoms with Gasteiger partial charge in [-0.25, -0.2) is 9.97 Å². The number of hydrogen-bond acceptors (Lipinski definition) is 6. The number of hydrogen-bond donors (Lipinski definition) is 1. The number of para-hydroxylation sites is 2. The minimum absolute atomic E-state index is 0.0835. The Labute approximate surface area is 203 Å². The molecule has 1 amide bonds. The molecule has 4 aromatic rings. The fraction of sp³-hybridized carbons (Fsp3) is 0.222. The molecule has 1 aliphatic rings. The van der Waals surface area contributed by atoms with Crippen LogP contribution < -0.4 is 5.32 Å². The molecule has 1 aliphatic heterocycles. The number of carbonyl (C=O) groups excluding carboxylic acids is 1. The van der Waals surface area contributed by atoms with E-state index in [1.807, 2.05) is 84.9 Å². The Morgan fingerprint density at radius 2 is 1.59 bits per heavy atom. The first-order chi connectivity index (χ1) is 16.8. The fourth-order valence-electron chi connectivity index (χ4n) is 3.95. The molecule has 0 aliphatic carbocycles. The number of nitrogens with one attached hydrogen (secondary N) is 1. The molecule has 3 aromatic carbocycles. The first-order valence-electron chi connectivity index (χ1n) is 11.4. The summed E-state index contributed by atoms with van der Waals surface area (Å²) in [6, 6.07) is 27.4. The number of rotatable bonds is 7. The number of amides is 1. The van der Waals surface area contributed by atoms with Crippen molar-refractivity contribution in [3.05, 3.63) is 96.3 Å². The zero-order chi connectivity index (χ0) is 23.2. The van der Waals surface area contributed by atoms with Crippen molar-refractivity contribution in [3.63, 3.8) is 0 Å². The molecule has 7 heteroatoms. The Kier molecular flexibility index (Phi) is 7.14. The Bertz CT molecular complexity index is 1250. The molecule has 1 unspecified atom stereocenters. The zero-order valence-corrected chi connectivity index (χ0v) is 19.6. The molecule has 1 aromatic heterocycles. The average Bonchev–Trinajstić information content (AvgIpc) is 2.89. The summed E-state index contributed by atoms with van der Waals surface area (Å²) < 4.78 is 5.48. The molecule has 0 spiro atoms. The molecule has 0 radical (unpaired) electrons. The average molecular weight is 471 g/mol. The van der Waals surface area contributed by atoms with Gasteiger partial charge in [0.05, 0.1) is 25.3 Å². The number of aromatic nitrogens is 2. The summed E-state index contributed by atoms with van der Waals surface area (Å²) in [5.41, 5.74) is 2.59. The number of nitrogens with zero attached hydrogens (tertiary/aromatic N) is 3. The lowest BCUT2D eigenvalue weighted by atomic mass is 10.1. The molecule has 172 valence electrons. The highest BCUT2D eigenvalue weighted by Gasteiger charge is 2.25. The molecule has 0 bridgehead atoms. The molecule has 1 N–H and O–H groups in total. The quantitative estimate of drug-likeness (QED) is 0.305. The van der Waals surface area contributed by atoms with Gasteiger partial charge in [-0.2, -0.15) is 0 Å². The molecular weight excluding hydrogens is 444 g/mol. The van der Waals surface area contributed by atoms with Gasteiger partial charge in [0.25, 0.3) is 0 Å². The molecule has 1 fully saturated rings. The number of ether oxygens (including phenoxy) is 1. The maximum Gasteiger partial charge on any atom is 0.242 e. The maximum absolute atomic E-state index is 13.5. The minimum atomic E-state index is -0.462. The molecule has 0 saturated carbocycles. The Morgan fingerprint density at radius 1 is 0.912 bits per heavy atom. The van der Waals surface area contributed by atoms with Gasteiger partial charge >= 0.3 is 0 Å². The van der Waals surface area contributed by atoms with Crippen molar-refractivity contribution in [2.24, 2.45) is 0 Å². The summed E-state index contributed by atoms with van der Waals surface area (Å²) in [6.45, 7) is 3.85. The second-order valence-corrected chi connectivity index (χ2v) is 9.21. The van der Waals surface area contributed by atoms with Gasteiger partial charge in [0.15, 0.2) is 0 Å².